The summed E-state index contributed by atoms with van der Waals surface area (Å²) in [6, 6.07) is 13.3. The molecule has 0 aliphatic carbocycles. The summed E-state index contributed by atoms with van der Waals surface area (Å²) in [7, 11) is 0. The first kappa shape index (κ1) is 18.6. The van der Waals surface area contributed by atoms with Crippen molar-refractivity contribution in [2.24, 2.45) is 5.92 Å². The molecule has 1 N–H and O–H groups in total. The molecule has 0 aliphatic heterocycles. The minimum Gasteiger partial charge on any atom is -0.346 e. The lowest BCUT2D eigenvalue weighted by atomic mass is 9.82. The number of carbonyl (C=O) groups is 1. The van der Waals surface area contributed by atoms with Crippen molar-refractivity contribution < 1.29 is 14.1 Å². The highest BCUT2D eigenvalue weighted by Gasteiger charge is 2.41. The summed E-state index contributed by atoms with van der Waals surface area (Å²) in [5.41, 5.74) is 1.44. The molecule has 132 valence electrons. The highest BCUT2D eigenvalue weighted by atomic mass is 19.1. The van der Waals surface area contributed by atoms with E-state index in [1.54, 1.807) is 0 Å². The molecule has 0 spiro atoms. The normalized spacial score (nSPS) is 13.3. The van der Waals surface area contributed by atoms with Gasteiger partial charge in [0.1, 0.15) is 5.82 Å². The van der Waals surface area contributed by atoms with Gasteiger partial charge in [-0.2, -0.15) is 0 Å². The Labute approximate surface area is 146 Å². The van der Waals surface area contributed by atoms with Crippen LogP contribution in [-0.4, -0.2) is 16.9 Å². The van der Waals surface area contributed by atoms with Gasteiger partial charge < -0.3 is 5.32 Å². The Bertz CT molecular complexity index is 717. The first-order chi connectivity index (χ1) is 11.9. The van der Waals surface area contributed by atoms with E-state index in [-0.39, 0.29) is 12.5 Å². The van der Waals surface area contributed by atoms with E-state index in [2.05, 4.69) is 5.32 Å². The highest BCUT2D eigenvalue weighted by molar-refractivity contribution is 5.81. The average Bonchev–Trinajstić information content (AvgIpc) is 2.59. The summed E-state index contributed by atoms with van der Waals surface area (Å²) in [6.07, 6.45) is 0. The van der Waals surface area contributed by atoms with Crippen molar-refractivity contribution in [3.63, 3.8) is 0 Å². The van der Waals surface area contributed by atoms with Crippen LogP contribution in [0.1, 0.15) is 30.9 Å². The van der Waals surface area contributed by atoms with E-state index in [4.69, 9.17) is 0 Å². The quantitative estimate of drug-likeness (QED) is 0.617. The monoisotopic (exact) mass is 344 g/mol. The minimum atomic E-state index is -1.44. The summed E-state index contributed by atoms with van der Waals surface area (Å²) in [5.74, 6) is -1.87. The molecule has 2 aromatic carbocycles. The molecule has 0 saturated heterocycles. The molecule has 2 rings (SSSR count). The van der Waals surface area contributed by atoms with E-state index in [1.807, 2.05) is 44.2 Å². The van der Waals surface area contributed by atoms with Gasteiger partial charge in [0.05, 0.1) is 5.92 Å². The zero-order valence-corrected chi connectivity index (χ0v) is 14.2. The van der Waals surface area contributed by atoms with Gasteiger partial charge in [-0.15, -0.1) is 0 Å². The van der Waals surface area contributed by atoms with Crippen molar-refractivity contribution in [3.05, 3.63) is 81.7 Å². The number of rotatable bonds is 7. The number of amides is 1. The predicted molar refractivity (Wildman–Crippen MR) is 93.1 cm³/mol. The minimum absolute atomic E-state index is 0.164. The summed E-state index contributed by atoms with van der Waals surface area (Å²) >= 11 is 0. The second-order valence-electron chi connectivity index (χ2n) is 6.25. The van der Waals surface area contributed by atoms with E-state index in [1.165, 1.54) is 24.3 Å². The number of hydrogen-bond donors (Lipinski definition) is 1. The Balaban J connectivity index is 2.22. The number of benzene rings is 2. The van der Waals surface area contributed by atoms with E-state index >= 15 is 0 Å². The molecule has 2 atom stereocenters. The Hall–Kier alpha value is -2.76. The average molecular weight is 344 g/mol. The number of halogens is 1. The zero-order chi connectivity index (χ0) is 18.4. The number of carbonyl (C=O) groups excluding carboxylic acids is 1. The molecule has 0 saturated carbocycles. The molecule has 0 fully saturated rings. The maximum Gasteiger partial charge on any atom is 0.296 e. The van der Waals surface area contributed by atoms with Gasteiger partial charge in [0, 0.05) is 11.5 Å². The number of nitrogens with zero attached hydrogens (tertiary/aromatic N) is 1. The molecule has 25 heavy (non-hydrogen) atoms. The van der Waals surface area contributed by atoms with Crippen LogP contribution in [0, 0.1) is 21.8 Å². The zero-order valence-electron chi connectivity index (χ0n) is 14.2. The van der Waals surface area contributed by atoms with Crippen LogP contribution >= 0.6 is 0 Å². The van der Waals surface area contributed by atoms with Crippen LogP contribution in [0.2, 0.25) is 0 Å². The molecular formula is C19H21FN2O3. The van der Waals surface area contributed by atoms with Gasteiger partial charge >= 0.3 is 0 Å². The molecule has 0 aliphatic rings. The topological polar surface area (TPSA) is 72.2 Å². The second-order valence-corrected chi connectivity index (χ2v) is 6.25. The van der Waals surface area contributed by atoms with Crippen molar-refractivity contribution in [1.29, 1.82) is 0 Å². The van der Waals surface area contributed by atoms with Crippen LogP contribution in [0.15, 0.2) is 54.6 Å². The lowest BCUT2D eigenvalue weighted by Crippen LogP contribution is -2.44. The Morgan fingerprint density at radius 3 is 2.24 bits per heavy atom. The molecule has 0 aromatic heterocycles. The molecule has 2 unspecified atom stereocenters. The van der Waals surface area contributed by atoms with E-state index in [0.717, 1.165) is 5.56 Å². The van der Waals surface area contributed by atoms with Gasteiger partial charge in [-0.1, -0.05) is 56.3 Å². The second kappa shape index (κ2) is 8.37. The maximum atomic E-state index is 13.2. The van der Waals surface area contributed by atoms with Gasteiger partial charge in [0.2, 0.25) is 0 Å². The number of nitrogens with one attached hydrogen (secondary N) is 1. The highest BCUT2D eigenvalue weighted by Crippen LogP contribution is 2.30. The van der Waals surface area contributed by atoms with Crippen molar-refractivity contribution in [2.45, 2.75) is 32.4 Å². The van der Waals surface area contributed by atoms with Gasteiger partial charge in [-0.05, 0) is 29.2 Å². The molecular weight excluding hydrogens is 323 g/mol. The molecule has 0 radical (unpaired) electrons. The molecule has 5 nitrogen and oxygen atoms in total. The third-order valence-corrected chi connectivity index (χ3v) is 4.12. The van der Waals surface area contributed by atoms with Crippen LogP contribution in [-0.2, 0) is 11.3 Å². The SMILES string of the molecule is CC(C)C(c1ccc(F)cc1)C(C(=O)NCc1ccccc1)[N+](=O)[O-]. The standard InChI is InChI=1S/C19H21FN2O3/c1-13(2)17(15-8-10-16(20)11-9-15)18(22(24)25)19(23)21-12-14-6-4-3-5-7-14/h3-11,13,17-18H,12H2,1-2H3,(H,21,23). The van der Waals surface area contributed by atoms with Crippen molar-refractivity contribution >= 4 is 5.91 Å². The van der Waals surface area contributed by atoms with E-state index < -0.39 is 28.6 Å². The van der Waals surface area contributed by atoms with Crippen LogP contribution in [0.3, 0.4) is 0 Å². The van der Waals surface area contributed by atoms with Crippen LogP contribution in [0.5, 0.6) is 0 Å². The summed E-state index contributed by atoms with van der Waals surface area (Å²) in [5, 5.41) is 14.3. The maximum absolute atomic E-state index is 13.2. The Morgan fingerprint density at radius 1 is 1.12 bits per heavy atom. The van der Waals surface area contributed by atoms with Crippen LogP contribution < -0.4 is 5.32 Å². The third kappa shape index (κ3) is 4.86. The van der Waals surface area contributed by atoms with Crippen molar-refractivity contribution in [2.75, 3.05) is 0 Å². The largest absolute Gasteiger partial charge is 0.346 e. The fourth-order valence-electron chi connectivity index (χ4n) is 2.90. The Kier molecular flexibility index (Phi) is 6.22. The van der Waals surface area contributed by atoms with Gasteiger partial charge in [0.25, 0.3) is 11.9 Å². The fraction of sp³-hybridized carbons (Fsp3) is 0.316. The molecule has 6 heteroatoms. The lowest BCUT2D eigenvalue weighted by Gasteiger charge is -2.24. The summed E-state index contributed by atoms with van der Waals surface area (Å²) in [6.45, 7) is 3.85. The smallest absolute Gasteiger partial charge is 0.296 e. The first-order valence-electron chi connectivity index (χ1n) is 8.10. The summed E-state index contributed by atoms with van der Waals surface area (Å²) < 4.78 is 13.2. The summed E-state index contributed by atoms with van der Waals surface area (Å²) in [4.78, 5) is 23.6. The van der Waals surface area contributed by atoms with Gasteiger partial charge in [0.15, 0.2) is 0 Å². The van der Waals surface area contributed by atoms with Gasteiger partial charge in [-0.25, -0.2) is 4.39 Å². The van der Waals surface area contributed by atoms with Crippen molar-refractivity contribution in [3.8, 4) is 0 Å². The van der Waals surface area contributed by atoms with Crippen LogP contribution in [0.25, 0.3) is 0 Å². The third-order valence-electron chi connectivity index (χ3n) is 4.12. The number of nitro groups is 1. The van der Waals surface area contributed by atoms with Gasteiger partial charge in [-0.3, -0.25) is 14.9 Å². The molecule has 0 bridgehead atoms. The lowest BCUT2D eigenvalue weighted by molar-refractivity contribution is -0.513. The van der Waals surface area contributed by atoms with E-state index in [9.17, 15) is 19.3 Å². The predicted octanol–water partition coefficient (Wildman–Crippen LogP) is 3.53. The van der Waals surface area contributed by atoms with E-state index in [0.29, 0.717) is 5.56 Å². The molecule has 0 heterocycles. The Morgan fingerprint density at radius 2 is 1.72 bits per heavy atom. The fourth-order valence-corrected chi connectivity index (χ4v) is 2.90. The molecule has 1 amide bonds. The van der Waals surface area contributed by atoms with Crippen LogP contribution in [0.4, 0.5) is 4.39 Å². The first-order valence-corrected chi connectivity index (χ1v) is 8.10. The molecule has 2 aromatic rings. The van der Waals surface area contributed by atoms with Crippen molar-refractivity contribution in [1.82, 2.24) is 5.32 Å². The number of hydrogen-bond acceptors (Lipinski definition) is 3.